The van der Waals surface area contributed by atoms with Gasteiger partial charge in [0, 0.05) is 0 Å². The molecule has 0 aromatic heterocycles. The minimum absolute atomic E-state index is 0.814. The predicted octanol–water partition coefficient (Wildman–Crippen LogP) is 4.89. The second kappa shape index (κ2) is 11.3. The van der Waals surface area contributed by atoms with E-state index in [0.717, 1.165) is 19.3 Å². The molecule has 0 rings (SSSR count). The van der Waals surface area contributed by atoms with Gasteiger partial charge in [0.1, 0.15) is 0 Å². The average Bonchev–Trinajstić information content (AvgIpc) is 2.43. The monoisotopic (exact) mass is 312 g/mol. The van der Waals surface area contributed by atoms with E-state index in [9.17, 15) is 14.7 Å². The predicted molar refractivity (Wildman–Crippen MR) is 88.9 cm³/mol. The number of unbranched alkanes of at least 4 members (excludes halogenated alkanes) is 8. The molecule has 0 aromatic rings. The quantitative estimate of drug-likeness (QED) is 0.375. The highest BCUT2D eigenvalue weighted by molar-refractivity contribution is 5.84. The summed E-state index contributed by atoms with van der Waals surface area (Å²) in [5, 5.41) is 18.3. The molecule has 0 aliphatic heterocycles. The van der Waals surface area contributed by atoms with E-state index in [1.807, 2.05) is 6.08 Å². The first-order valence-electron chi connectivity index (χ1n) is 8.46. The maximum absolute atomic E-state index is 11.2. The van der Waals surface area contributed by atoms with E-state index in [4.69, 9.17) is 5.11 Å². The van der Waals surface area contributed by atoms with E-state index in [-0.39, 0.29) is 0 Å². The lowest BCUT2D eigenvalue weighted by molar-refractivity contribution is -0.157. The van der Waals surface area contributed by atoms with Crippen molar-refractivity contribution >= 4 is 11.9 Å². The molecule has 0 bridgehead atoms. The Bertz CT molecular complexity index is 358. The lowest BCUT2D eigenvalue weighted by atomic mass is 9.78. The SMILES string of the molecule is CCCCCCCCCCC=CC(C(=O)O)C(C)(C)C(=O)O. The van der Waals surface area contributed by atoms with Crippen LogP contribution in [-0.2, 0) is 9.59 Å². The van der Waals surface area contributed by atoms with E-state index in [1.165, 1.54) is 58.4 Å². The summed E-state index contributed by atoms with van der Waals surface area (Å²) in [7, 11) is 0. The summed E-state index contributed by atoms with van der Waals surface area (Å²) in [6, 6.07) is 0. The Kier molecular flexibility index (Phi) is 10.6. The first kappa shape index (κ1) is 20.7. The Hall–Kier alpha value is -1.32. The molecule has 0 aromatic carbocycles. The van der Waals surface area contributed by atoms with E-state index in [2.05, 4.69) is 6.92 Å². The molecule has 0 aliphatic rings. The van der Waals surface area contributed by atoms with Gasteiger partial charge >= 0.3 is 11.9 Å². The molecule has 0 saturated carbocycles. The summed E-state index contributed by atoms with van der Waals surface area (Å²) in [5.41, 5.74) is -1.29. The van der Waals surface area contributed by atoms with E-state index < -0.39 is 23.3 Å². The standard InChI is InChI=1S/C18H32O4/c1-4-5-6-7-8-9-10-11-12-13-14-15(16(19)20)18(2,3)17(21)22/h13-15H,4-12H2,1-3H3,(H,19,20)(H,21,22). The molecule has 0 spiro atoms. The maximum Gasteiger partial charge on any atom is 0.311 e. The molecule has 0 saturated heterocycles. The van der Waals surface area contributed by atoms with E-state index in [0.29, 0.717) is 0 Å². The van der Waals surface area contributed by atoms with Crippen molar-refractivity contribution in [1.82, 2.24) is 0 Å². The highest BCUT2D eigenvalue weighted by Gasteiger charge is 2.39. The normalized spacial score (nSPS) is 13.4. The fourth-order valence-corrected chi connectivity index (χ4v) is 2.39. The minimum Gasteiger partial charge on any atom is -0.481 e. The summed E-state index contributed by atoms with van der Waals surface area (Å²) in [6.07, 6.45) is 14.1. The van der Waals surface area contributed by atoms with Gasteiger partial charge in [0.25, 0.3) is 0 Å². The zero-order chi connectivity index (χ0) is 17.0. The summed E-state index contributed by atoms with van der Waals surface area (Å²) in [6.45, 7) is 5.12. The van der Waals surface area contributed by atoms with Crippen LogP contribution < -0.4 is 0 Å². The molecule has 0 heterocycles. The van der Waals surface area contributed by atoms with Gasteiger partial charge in [0.15, 0.2) is 0 Å². The van der Waals surface area contributed by atoms with Gasteiger partial charge in [-0.2, -0.15) is 0 Å². The fraction of sp³-hybridized carbons (Fsp3) is 0.778. The smallest absolute Gasteiger partial charge is 0.311 e. The Morgan fingerprint density at radius 3 is 1.91 bits per heavy atom. The van der Waals surface area contributed by atoms with Gasteiger partial charge in [-0.3, -0.25) is 9.59 Å². The van der Waals surface area contributed by atoms with Gasteiger partial charge in [-0.05, 0) is 26.7 Å². The summed E-state index contributed by atoms with van der Waals surface area (Å²) < 4.78 is 0. The van der Waals surface area contributed by atoms with Crippen LogP contribution in [-0.4, -0.2) is 22.2 Å². The topological polar surface area (TPSA) is 74.6 Å². The molecule has 0 amide bonds. The number of hydrogen-bond acceptors (Lipinski definition) is 2. The third-order valence-corrected chi connectivity index (χ3v) is 4.15. The van der Waals surface area contributed by atoms with Crippen molar-refractivity contribution in [3.05, 3.63) is 12.2 Å². The van der Waals surface area contributed by atoms with Crippen molar-refractivity contribution in [2.45, 2.75) is 78.6 Å². The molecule has 1 unspecified atom stereocenters. The number of rotatable bonds is 13. The lowest BCUT2D eigenvalue weighted by Crippen LogP contribution is -2.36. The third kappa shape index (κ3) is 8.20. The van der Waals surface area contributed by atoms with Gasteiger partial charge < -0.3 is 10.2 Å². The van der Waals surface area contributed by atoms with Gasteiger partial charge in [-0.1, -0.05) is 64.0 Å². The second-order valence-electron chi connectivity index (χ2n) is 6.53. The van der Waals surface area contributed by atoms with E-state index >= 15 is 0 Å². The molecule has 2 N–H and O–H groups in total. The van der Waals surface area contributed by atoms with Crippen LogP contribution in [0.5, 0.6) is 0 Å². The molecule has 4 heteroatoms. The summed E-state index contributed by atoms with van der Waals surface area (Å²) in [5.74, 6) is -3.16. The van der Waals surface area contributed by atoms with Crippen molar-refractivity contribution < 1.29 is 19.8 Å². The van der Waals surface area contributed by atoms with Crippen LogP contribution in [0.4, 0.5) is 0 Å². The minimum atomic E-state index is -1.29. The first-order valence-corrected chi connectivity index (χ1v) is 8.46. The van der Waals surface area contributed by atoms with Crippen molar-refractivity contribution in [2.24, 2.45) is 11.3 Å². The van der Waals surface area contributed by atoms with E-state index in [1.54, 1.807) is 0 Å². The molecule has 0 radical (unpaired) electrons. The summed E-state index contributed by atoms with van der Waals surface area (Å²) >= 11 is 0. The number of carboxylic acid groups (broad SMARTS) is 2. The fourth-order valence-electron chi connectivity index (χ4n) is 2.39. The Balaban J connectivity index is 3.99. The van der Waals surface area contributed by atoms with Crippen molar-refractivity contribution in [3.63, 3.8) is 0 Å². The number of hydrogen-bond donors (Lipinski definition) is 2. The first-order chi connectivity index (χ1) is 10.3. The molecule has 0 fully saturated rings. The number of carbonyl (C=O) groups is 2. The van der Waals surface area contributed by atoms with Crippen LogP contribution >= 0.6 is 0 Å². The van der Waals surface area contributed by atoms with Gasteiger partial charge in [0.05, 0.1) is 11.3 Å². The molecular formula is C18H32O4. The Morgan fingerprint density at radius 1 is 0.955 bits per heavy atom. The Morgan fingerprint density at radius 2 is 1.45 bits per heavy atom. The molecule has 22 heavy (non-hydrogen) atoms. The lowest BCUT2D eigenvalue weighted by Gasteiger charge is -2.24. The van der Waals surface area contributed by atoms with Crippen molar-refractivity contribution in [1.29, 1.82) is 0 Å². The average molecular weight is 312 g/mol. The van der Waals surface area contributed by atoms with Crippen LogP contribution in [0.25, 0.3) is 0 Å². The number of carboxylic acids is 2. The van der Waals surface area contributed by atoms with Crippen LogP contribution in [0.3, 0.4) is 0 Å². The molecule has 128 valence electrons. The molecule has 0 aliphatic carbocycles. The zero-order valence-corrected chi connectivity index (χ0v) is 14.3. The van der Waals surface area contributed by atoms with Crippen LogP contribution in [0, 0.1) is 11.3 Å². The third-order valence-electron chi connectivity index (χ3n) is 4.15. The van der Waals surface area contributed by atoms with Gasteiger partial charge in [-0.25, -0.2) is 0 Å². The highest BCUT2D eigenvalue weighted by atomic mass is 16.4. The molecular weight excluding hydrogens is 280 g/mol. The molecule has 4 nitrogen and oxygen atoms in total. The van der Waals surface area contributed by atoms with Gasteiger partial charge in [-0.15, -0.1) is 0 Å². The van der Waals surface area contributed by atoms with Crippen molar-refractivity contribution in [3.8, 4) is 0 Å². The van der Waals surface area contributed by atoms with Crippen LogP contribution in [0.2, 0.25) is 0 Å². The van der Waals surface area contributed by atoms with Crippen molar-refractivity contribution in [2.75, 3.05) is 0 Å². The van der Waals surface area contributed by atoms with Crippen LogP contribution in [0.1, 0.15) is 78.6 Å². The number of aliphatic carboxylic acids is 2. The molecule has 1 atom stereocenters. The second-order valence-corrected chi connectivity index (χ2v) is 6.53. The van der Waals surface area contributed by atoms with Gasteiger partial charge in [0.2, 0.25) is 0 Å². The Labute approximate surface area is 134 Å². The zero-order valence-electron chi connectivity index (χ0n) is 14.3. The highest BCUT2D eigenvalue weighted by Crippen LogP contribution is 2.29. The number of allylic oxidation sites excluding steroid dienone is 1. The summed E-state index contributed by atoms with van der Waals surface area (Å²) in [4.78, 5) is 22.4. The maximum atomic E-state index is 11.2. The van der Waals surface area contributed by atoms with Crippen LogP contribution in [0.15, 0.2) is 12.2 Å². The largest absolute Gasteiger partial charge is 0.481 e.